The van der Waals surface area contributed by atoms with Crippen molar-refractivity contribution < 1.29 is 9.13 Å². The molecule has 0 amide bonds. The number of rotatable bonds is 5. The Bertz CT molecular complexity index is 422. The average molecular weight is 272 g/mol. The van der Waals surface area contributed by atoms with Gasteiger partial charge in [-0.1, -0.05) is 6.07 Å². The number of ether oxygens (including phenoxy) is 1. The maximum Gasteiger partial charge on any atom is 0.123 e. The number of hydrogen-bond donors (Lipinski definition) is 1. The minimum atomic E-state index is -0.155. The largest absolute Gasteiger partial charge is 0.374 e. The SMILES string of the molecule is Cl.NC[C@H]1C[C@@H]1c1cc(F)ccc1COC1CC1. The van der Waals surface area contributed by atoms with Crippen LogP contribution in [0.2, 0.25) is 0 Å². The number of nitrogens with two attached hydrogens (primary N) is 1. The van der Waals surface area contributed by atoms with Gasteiger partial charge in [-0.15, -0.1) is 12.4 Å². The molecule has 0 bridgehead atoms. The van der Waals surface area contributed by atoms with Crippen LogP contribution in [0.5, 0.6) is 0 Å². The van der Waals surface area contributed by atoms with E-state index in [1.165, 1.54) is 18.9 Å². The summed E-state index contributed by atoms with van der Waals surface area (Å²) in [6.45, 7) is 1.32. The lowest BCUT2D eigenvalue weighted by Gasteiger charge is -2.10. The van der Waals surface area contributed by atoms with Crippen LogP contribution in [0.15, 0.2) is 18.2 Å². The second-order valence-corrected chi connectivity index (χ2v) is 5.19. The van der Waals surface area contributed by atoms with E-state index in [-0.39, 0.29) is 18.2 Å². The minimum absolute atomic E-state index is 0. The minimum Gasteiger partial charge on any atom is -0.374 e. The Balaban J connectivity index is 0.00000120. The van der Waals surface area contributed by atoms with Gasteiger partial charge < -0.3 is 10.5 Å². The van der Waals surface area contributed by atoms with Gasteiger partial charge in [-0.2, -0.15) is 0 Å². The molecule has 2 saturated carbocycles. The van der Waals surface area contributed by atoms with Gasteiger partial charge in [0.1, 0.15) is 5.82 Å². The molecule has 0 radical (unpaired) electrons. The van der Waals surface area contributed by atoms with Crippen LogP contribution >= 0.6 is 12.4 Å². The third kappa shape index (κ3) is 3.02. The summed E-state index contributed by atoms with van der Waals surface area (Å²) < 4.78 is 19.0. The van der Waals surface area contributed by atoms with Crippen molar-refractivity contribution in [1.29, 1.82) is 0 Å². The normalized spacial score (nSPS) is 25.7. The van der Waals surface area contributed by atoms with Crippen molar-refractivity contribution in [1.82, 2.24) is 0 Å². The molecule has 2 N–H and O–H groups in total. The first-order valence-corrected chi connectivity index (χ1v) is 6.38. The van der Waals surface area contributed by atoms with Crippen molar-refractivity contribution in [2.45, 2.75) is 37.9 Å². The lowest BCUT2D eigenvalue weighted by Crippen LogP contribution is -2.04. The van der Waals surface area contributed by atoms with E-state index in [2.05, 4.69) is 0 Å². The van der Waals surface area contributed by atoms with Gasteiger partial charge in [0.2, 0.25) is 0 Å². The Morgan fingerprint density at radius 1 is 1.33 bits per heavy atom. The smallest absolute Gasteiger partial charge is 0.123 e. The van der Waals surface area contributed by atoms with E-state index in [0.29, 0.717) is 31.1 Å². The molecule has 0 aliphatic heterocycles. The third-order valence-corrected chi connectivity index (χ3v) is 3.73. The Morgan fingerprint density at radius 3 is 2.72 bits per heavy atom. The molecule has 2 atom stereocenters. The van der Waals surface area contributed by atoms with E-state index in [9.17, 15) is 4.39 Å². The molecule has 0 saturated heterocycles. The molecule has 4 heteroatoms. The molecule has 2 nitrogen and oxygen atoms in total. The quantitative estimate of drug-likeness (QED) is 0.894. The average Bonchev–Trinajstić information content (AvgIpc) is 3.21. The highest BCUT2D eigenvalue weighted by Crippen LogP contribution is 2.48. The molecule has 1 aromatic rings. The number of hydrogen-bond acceptors (Lipinski definition) is 2. The van der Waals surface area contributed by atoms with Gasteiger partial charge in [-0.25, -0.2) is 4.39 Å². The third-order valence-electron chi connectivity index (χ3n) is 3.73. The van der Waals surface area contributed by atoms with Crippen LogP contribution in [0.3, 0.4) is 0 Å². The second-order valence-electron chi connectivity index (χ2n) is 5.19. The van der Waals surface area contributed by atoms with Crippen molar-refractivity contribution in [2.75, 3.05) is 6.54 Å². The molecule has 1 aromatic carbocycles. The van der Waals surface area contributed by atoms with Crippen molar-refractivity contribution in [2.24, 2.45) is 11.7 Å². The van der Waals surface area contributed by atoms with E-state index in [0.717, 1.165) is 17.5 Å². The van der Waals surface area contributed by atoms with Gasteiger partial charge in [-0.3, -0.25) is 0 Å². The number of benzene rings is 1. The summed E-state index contributed by atoms with van der Waals surface area (Å²) in [5.41, 5.74) is 7.91. The van der Waals surface area contributed by atoms with Crippen molar-refractivity contribution in [3.63, 3.8) is 0 Å². The molecule has 2 fully saturated rings. The predicted molar refractivity (Wildman–Crippen MR) is 71.4 cm³/mol. The summed E-state index contributed by atoms with van der Waals surface area (Å²) >= 11 is 0. The fraction of sp³-hybridized carbons (Fsp3) is 0.571. The highest BCUT2D eigenvalue weighted by molar-refractivity contribution is 5.85. The van der Waals surface area contributed by atoms with Crippen LogP contribution in [-0.4, -0.2) is 12.6 Å². The van der Waals surface area contributed by atoms with Crippen LogP contribution in [-0.2, 0) is 11.3 Å². The summed E-state index contributed by atoms with van der Waals surface area (Å²) in [5, 5.41) is 0. The second kappa shape index (κ2) is 5.55. The molecule has 100 valence electrons. The summed E-state index contributed by atoms with van der Waals surface area (Å²) in [6, 6.07) is 5.04. The van der Waals surface area contributed by atoms with Crippen LogP contribution in [0.4, 0.5) is 4.39 Å². The van der Waals surface area contributed by atoms with Crippen molar-refractivity contribution in [3.05, 3.63) is 35.1 Å². The molecular weight excluding hydrogens is 253 g/mol. The van der Waals surface area contributed by atoms with Crippen molar-refractivity contribution >= 4 is 12.4 Å². The standard InChI is InChI=1S/C14H18FNO.ClH/c15-11-2-1-9(8-17-12-3-4-12)14(6-11)13-5-10(13)7-16;/h1-2,6,10,12-13H,3-5,7-8,16H2;1H/t10-,13+;/m1./s1. The van der Waals surface area contributed by atoms with Gasteiger partial charge >= 0.3 is 0 Å². The Labute approximate surface area is 113 Å². The molecule has 0 heterocycles. The van der Waals surface area contributed by atoms with Gasteiger partial charge in [-0.05, 0) is 60.9 Å². The van der Waals surface area contributed by atoms with Crippen LogP contribution in [0.25, 0.3) is 0 Å². The molecule has 0 aromatic heterocycles. The zero-order chi connectivity index (χ0) is 11.8. The monoisotopic (exact) mass is 271 g/mol. The van der Waals surface area contributed by atoms with Crippen LogP contribution < -0.4 is 5.73 Å². The number of halogens is 2. The molecule has 0 spiro atoms. The van der Waals surface area contributed by atoms with Gasteiger partial charge in [0.05, 0.1) is 12.7 Å². The fourth-order valence-electron chi connectivity index (χ4n) is 2.37. The lowest BCUT2D eigenvalue weighted by molar-refractivity contribution is 0.105. The van der Waals surface area contributed by atoms with E-state index in [1.807, 2.05) is 6.07 Å². The molecule has 2 aliphatic carbocycles. The Kier molecular flexibility index (Phi) is 4.25. The maximum atomic E-state index is 13.3. The van der Waals surface area contributed by atoms with E-state index in [1.54, 1.807) is 6.07 Å². The van der Waals surface area contributed by atoms with Gasteiger partial charge in [0.15, 0.2) is 0 Å². The predicted octanol–water partition coefficient (Wildman–Crippen LogP) is 2.99. The zero-order valence-corrected chi connectivity index (χ0v) is 11.1. The van der Waals surface area contributed by atoms with Crippen LogP contribution in [0, 0.1) is 11.7 Å². The molecule has 18 heavy (non-hydrogen) atoms. The van der Waals surface area contributed by atoms with E-state index >= 15 is 0 Å². The molecule has 3 rings (SSSR count). The zero-order valence-electron chi connectivity index (χ0n) is 10.3. The summed E-state index contributed by atoms with van der Waals surface area (Å²) in [5.74, 6) is 0.836. The topological polar surface area (TPSA) is 35.2 Å². The first-order chi connectivity index (χ1) is 8.28. The molecule has 0 unspecified atom stereocenters. The highest BCUT2D eigenvalue weighted by atomic mass is 35.5. The Morgan fingerprint density at radius 2 is 2.11 bits per heavy atom. The maximum absolute atomic E-state index is 13.3. The summed E-state index contributed by atoms with van der Waals surface area (Å²) in [7, 11) is 0. The van der Waals surface area contributed by atoms with Gasteiger partial charge in [0, 0.05) is 0 Å². The molecular formula is C14H19ClFNO. The van der Waals surface area contributed by atoms with Crippen LogP contribution in [0.1, 0.15) is 36.3 Å². The fourth-order valence-corrected chi connectivity index (χ4v) is 2.37. The van der Waals surface area contributed by atoms with E-state index in [4.69, 9.17) is 10.5 Å². The highest BCUT2D eigenvalue weighted by Gasteiger charge is 2.38. The van der Waals surface area contributed by atoms with Crippen molar-refractivity contribution in [3.8, 4) is 0 Å². The Hall–Kier alpha value is -0.640. The first kappa shape index (κ1) is 13.8. The molecule has 2 aliphatic rings. The first-order valence-electron chi connectivity index (χ1n) is 6.38. The summed E-state index contributed by atoms with van der Waals surface area (Å²) in [6.07, 6.45) is 3.88. The lowest BCUT2D eigenvalue weighted by atomic mass is 10.0. The summed E-state index contributed by atoms with van der Waals surface area (Å²) in [4.78, 5) is 0. The van der Waals surface area contributed by atoms with Gasteiger partial charge in [0.25, 0.3) is 0 Å². The van der Waals surface area contributed by atoms with E-state index < -0.39 is 0 Å².